The van der Waals surface area contributed by atoms with Crippen LogP contribution in [0, 0.1) is 5.92 Å². The first-order chi connectivity index (χ1) is 7.75. The lowest BCUT2D eigenvalue weighted by atomic mass is 9.89. The number of halogens is 2. The minimum absolute atomic E-state index is 0.805. The molecule has 0 amide bonds. The van der Waals surface area contributed by atoms with Crippen molar-refractivity contribution < 1.29 is 0 Å². The topological polar surface area (TPSA) is 12.0 Å². The molecule has 1 fully saturated rings. The van der Waals surface area contributed by atoms with E-state index in [1.807, 2.05) is 18.2 Å². The van der Waals surface area contributed by atoms with Crippen LogP contribution in [0.2, 0.25) is 5.02 Å². The van der Waals surface area contributed by atoms with E-state index in [0.717, 1.165) is 27.6 Å². The monoisotopic (exact) mass is 301 g/mol. The van der Waals surface area contributed by atoms with Crippen molar-refractivity contribution in [2.24, 2.45) is 5.92 Å². The van der Waals surface area contributed by atoms with E-state index in [9.17, 15) is 0 Å². The Morgan fingerprint density at radius 2 is 2.00 bits per heavy atom. The van der Waals surface area contributed by atoms with E-state index >= 15 is 0 Å². The van der Waals surface area contributed by atoms with Gasteiger partial charge in [0.15, 0.2) is 0 Å². The first-order valence-electron chi connectivity index (χ1n) is 5.94. The van der Waals surface area contributed by atoms with Crippen molar-refractivity contribution in [1.29, 1.82) is 0 Å². The molecule has 1 nitrogen and oxygen atoms in total. The summed E-state index contributed by atoms with van der Waals surface area (Å²) in [7, 11) is 0. The number of nitrogens with one attached hydrogen (secondary N) is 1. The van der Waals surface area contributed by atoms with Gasteiger partial charge in [-0.15, -0.1) is 0 Å². The molecule has 0 radical (unpaired) electrons. The van der Waals surface area contributed by atoms with Crippen LogP contribution in [-0.4, -0.2) is 6.54 Å². The predicted molar refractivity (Wildman–Crippen MR) is 74.2 cm³/mol. The van der Waals surface area contributed by atoms with Gasteiger partial charge in [-0.05, 0) is 37.0 Å². The van der Waals surface area contributed by atoms with Gasteiger partial charge in [0.25, 0.3) is 0 Å². The Balaban J connectivity index is 1.90. The van der Waals surface area contributed by atoms with Gasteiger partial charge in [0.2, 0.25) is 0 Å². The quantitative estimate of drug-likeness (QED) is 0.819. The van der Waals surface area contributed by atoms with Crippen LogP contribution in [0.4, 0.5) is 5.69 Å². The molecule has 1 N–H and O–H groups in total. The fourth-order valence-corrected chi connectivity index (χ4v) is 2.82. The molecule has 2 rings (SSSR count). The van der Waals surface area contributed by atoms with Gasteiger partial charge in [-0.25, -0.2) is 0 Å². The maximum absolute atomic E-state index is 6.13. The number of hydrogen-bond donors (Lipinski definition) is 1. The molecule has 0 heterocycles. The highest BCUT2D eigenvalue weighted by molar-refractivity contribution is 9.10. The summed E-state index contributed by atoms with van der Waals surface area (Å²) in [5, 5.41) is 4.27. The Bertz CT molecular complexity index is 348. The van der Waals surface area contributed by atoms with Crippen LogP contribution in [0.15, 0.2) is 22.7 Å². The summed E-state index contributed by atoms with van der Waals surface area (Å²) in [6.07, 6.45) is 6.91. The molecule has 0 atom stereocenters. The van der Waals surface area contributed by atoms with Crippen molar-refractivity contribution in [3.05, 3.63) is 27.7 Å². The molecule has 0 spiro atoms. The summed E-state index contributed by atoms with van der Waals surface area (Å²) in [6, 6.07) is 5.94. The Hall–Kier alpha value is -0.210. The zero-order valence-electron chi connectivity index (χ0n) is 9.31. The number of benzene rings is 1. The van der Waals surface area contributed by atoms with Crippen LogP contribution in [0.3, 0.4) is 0 Å². The summed E-state index contributed by atoms with van der Waals surface area (Å²) in [5.41, 5.74) is 1.04. The maximum atomic E-state index is 6.13. The van der Waals surface area contributed by atoms with Crippen molar-refractivity contribution in [3.8, 4) is 0 Å². The maximum Gasteiger partial charge on any atom is 0.0638 e. The molecular weight excluding hydrogens is 286 g/mol. The van der Waals surface area contributed by atoms with E-state index in [2.05, 4.69) is 21.2 Å². The SMILES string of the molecule is Clc1ccc(Br)cc1NCC1CCCCC1. The van der Waals surface area contributed by atoms with Gasteiger partial charge >= 0.3 is 0 Å². The van der Waals surface area contributed by atoms with Gasteiger partial charge in [-0.3, -0.25) is 0 Å². The second-order valence-corrected chi connectivity index (χ2v) is 5.83. The minimum Gasteiger partial charge on any atom is -0.384 e. The zero-order valence-corrected chi connectivity index (χ0v) is 11.6. The third-order valence-corrected chi connectivity index (χ3v) is 4.06. The largest absolute Gasteiger partial charge is 0.384 e. The molecule has 3 heteroatoms. The molecule has 0 bridgehead atoms. The fraction of sp³-hybridized carbons (Fsp3) is 0.538. The first-order valence-corrected chi connectivity index (χ1v) is 7.12. The third-order valence-electron chi connectivity index (χ3n) is 3.23. The predicted octanol–water partition coefficient (Wildman–Crippen LogP) is 5.09. The highest BCUT2D eigenvalue weighted by Crippen LogP contribution is 2.28. The van der Waals surface area contributed by atoms with E-state index in [-0.39, 0.29) is 0 Å². The molecule has 0 saturated heterocycles. The zero-order chi connectivity index (χ0) is 11.4. The lowest BCUT2D eigenvalue weighted by molar-refractivity contribution is 0.373. The van der Waals surface area contributed by atoms with Crippen molar-refractivity contribution in [2.75, 3.05) is 11.9 Å². The fourth-order valence-electron chi connectivity index (χ4n) is 2.28. The Kier molecular flexibility index (Phi) is 4.54. The summed E-state index contributed by atoms with van der Waals surface area (Å²) >= 11 is 9.59. The van der Waals surface area contributed by atoms with Crippen LogP contribution < -0.4 is 5.32 Å². The van der Waals surface area contributed by atoms with Crippen LogP contribution in [0.5, 0.6) is 0 Å². The van der Waals surface area contributed by atoms with Gasteiger partial charge in [0.1, 0.15) is 0 Å². The highest BCUT2D eigenvalue weighted by atomic mass is 79.9. The Morgan fingerprint density at radius 3 is 2.75 bits per heavy atom. The van der Waals surface area contributed by atoms with Crippen molar-refractivity contribution >= 4 is 33.2 Å². The van der Waals surface area contributed by atoms with Gasteiger partial charge in [-0.1, -0.05) is 46.8 Å². The van der Waals surface area contributed by atoms with E-state index in [1.165, 1.54) is 32.1 Å². The first kappa shape index (κ1) is 12.3. The number of anilines is 1. The minimum atomic E-state index is 0.805. The molecule has 1 aromatic carbocycles. The normalized spacial score (nSPS) is 17.4. The summed E-state index contributed by atoms with van der Waals surface area (Å²) in [4.78, 5) is 0. The van der Waals surface area contributed by atoms with Crippen molar-refractivity contribution in [1.82, 2.24) is 0 Å². The average molecular weight is 303 g/mol. The molecule has 1 aromatic rings. The standard InChI is InChI=1S/C13H17BrClN/c14-11-6-7-12(15)13(8-11)16-9-10-4-2-1-3-5-10/h6-8,10,16H,1-5,9H2. The molecule has 0 unspecified atom stereocenters. The van der Waals surface area contributed by atoms with E-state index < -0.39 is 0 Å². The highest BCUT2D eigenvalue weighted by Gasteiger charge is 2.13. The average Bonchev–Trinajstić information content (AvgIpc) is 2.32. The van der Waals surface area contributed by atoms with Gasteiger partial charge < -0.3 is 5.32 Å². The lowest BCUT2D eigenvalue weighted by Gasteiger charge is -2.22. The van der Waals surface area contributed by atoms with Gasteiger partial charge in [0.05, 0.1) is 10.7 Å². The smallest absolute Gasteiger partial charge is 0.0638 e. The molecule has 0 aliphatic heterocycles. The Morgan fingerprint density at radius 1 is 1.25 bits per heavy atom. The van der Waals surface area contributed by atoms with Gasteiger partial charge in [0, 0.05) is 11.0 Å². The molecule has 1 saturated carbocycles. The number of hydrogen-bond acceptors (Lipinski definition) is 1. The van der Waals surface area contributed by atoms with Crippen LogP contribution in [0.1, 0.15) is 32.1 Å². The van der Waals surface area contributed by atoms with Crippen LogP contribution in [-0.2, 0) is 0 Å². The summed E-state index contributed by atoms with van der Waals surface area (Å²) in [5.74, 6) is 0.823. The van der Waals surface area contributed by atoms with Crippen LogP contribution in [0.25, 0.3) is 0 Å². The van der Waals surface area contributed by atoms with E-state index in [0.29, 0.717) is 0 Å². The molecule has 1 aliphatic carbocycles. The molecular formula is C13H17BrClN. The third kappa shape index (κ3) is 3.39. The number of rotatable bonds is 3. The van der Waals surface area contributed by atoms with Gasteiger partial charge in [-0.2, -0.15) is 0 Å². The second-order valence-electron chi connectivity index (χ2n) is 4.51. The summed E-state index contributed by atoms with van der Waals surface area (Å²) < 4.78 is 1.07. The molecule has 88 valence electrons. The Labute approximate surface area is 111 Å². The van der Waals surface area contributed by atoms with E-state index in [4.69, 9.17) is 11.6 Å². The molecule has 0 aromatic heterocycles. The van der Waals surface area contributed by atoms with Crippen molar-refractivity contribution in [3.63, 3.8) is 0 Å². The second kappa shape index (κ2) is 5.92. The van der Waals surface area contributed by atoms with Crippen molar-refractivity contribution in [2.45, 2.75) is 32.1 Å². The molecule has 16 heavy (non-hydrogen) atoms. The lowest BCUT2D eigenvalue weighted by Crippen LogP contribution is -2.17. The molecule has 1 aliphatic rings. The van der Waals surface area contributed by atoms with Crippen LogP contribution >= 0.6 is 27.5 Å². The summed E-state index contributed by atoms with van der Waals surface area (Å²) in [6.45, 7) is 1.05. The van der Waals surface area contributed by atoms with E-state index in [1.54, 1.807) is 0 Å².